The summed E-state index contributed by atoms with van der Waals surface area (Å²) in [5, 5.41) is 4.76. The van der Waals surface area contributed by atoms with Crippen molar-refractivity contribution in [3.05, 3.63) is 15.6 Å². The van der Waals surface area contributed by atoms with Gasteiger partial charge in [0.25, 0.3) is 0 Å². The van der Waals surface area contributed by atoms with E-state index in [1.807, 2.05) is 11.3 Å². The topological polar surface area (TPSA) is 28.2 Å². The van der Waals surface area contributed by atoms with Gasteiger partial charge in [0, 0.05) is 29.9 Å². The molecule has 1 N–H and O–H groups in total. The first-order chi connectivity index (χ1) is 9.32. The Balaban J connectivity index is 0.00000220. The molecule has 122 valence electrons. The molecule has 0 bridgehead atoms. The highest BCUT2D eigenvalue weighted by molar-refractivity contribution is 7.11. The molecule has 1 aliphatic heterocycles. The smallest absolute Gasteiger partial charge is 0.0956 e. The molecule has 21 heavy (non-hydrogen) atoms. The Morgan fingerprint density at radius 2 is 2.05 bits per heavy atom. The van der Waals surface area contributed by atoms with Gasteiger partial charge in [-0.2, -0.15) is 0 Å². The highest BCUT2D eigenvalue weighted by Gasteiger charge is 2.31. The maximum atomic E-state index is 4.74. The summed E-state index contributed by atoms with van der Waals surface area (Å²) in [6.45, 7) is 14.8. The van der Waals surface area contributed by atoms with Gasteiger partial charge in [-0.05, 0) is 39.3 Å². The van der Waals surface area contributed by atoms with Gasteiger partial charge >= 0.3 is 0 Å². The van der Waals surface area contributed by atoms with Crippen LogP contribution >= 0.6 is 23.7 Å². The van der Waals surface area contributed by atoms with Crippen molar-refractivity contribution in [3.63, 3.8) is 0 Å². The first kappa shape index (κ1) is 18.9. The van der Waals surface area contributed by atoms with Gasteiger partial charge in [-0.1, -0.05) is 20.8 Å². The molecule has 0 spiro atoms. The number of rotatable bonds is 5. The van der Waals surface area contributed by atoms with Crippen molar-refractivity contribution in [1.29, 1.82) is 0 Å². The van der Waals surface area contributed by atoms with E-state index in [-0.39, 0.29) is 12.4 Å². The van der Waals surface area contributed by atoms with E-state index in [1.165, 1.54) is 22.0 Å². The number of aryl methyl sites for hydroxylation is 1. The second-order valence-corrected chi connectivity index (χ2v) is 8.05. The lowest BCUT2D eigenvalue weighted by molar-refractivity contribution is 0.170. The summed E-state index contributed by atoms with van der Waals surface area (Å²) in [5.74, 6) is 0.529. The molecular weight excluding hydrogens is 302 g/mol. The Morgan fingerprint density at radius 1 is 1.38 bits per heavy atom. The van der Waals surface area contributed by atoms with Gasteiger partial charge in [-0.25, -0.2) is 4.98 Å². The Labute approximate surface area is 139 Å². The van der Waals surface area contributed by atoms with Crippen LogP contribution in [0, 0.1) is 12.3 Å². The fourth-order valence-corrected chi connectivity index (χ4v) is 4.19. The third-order valence-electron chi connectivity index (χ3n) is 4.47. The van der Waals surface area contributed by atoms with E-state index in [9.17, 15) is 0 Å². The summed E-state index contributed by atoms with van der Waals surface area (Å²) in [5.41, 5.74) is 1.63. The van der Waals surface area contributed by atoms with E-state index in [4.69, 9.17) is 4.98 Å². The van der Waals surface area contributed by atoms with Crippen LogP contribution in [0.2, 0.25) is 0 Å². The zero-order chi connectivity index (χ0) is 14.9. The van der Waals surface area contributed by atoms with E-state index >= 15 is 0 Å². The number of aromatic nitrogens is 1. The Bertz CT molecular complexity index is 452. The van der Waals surface area contributed by atoms with E-state index in [2.05, 4.69) is 51.9 Å². The predicted octanol–water partition coefficient (Wildman–Crippen LogP) is 3.99. The lowest BCUT2D eigenvalue weighted by atomic mass is 9.89. The highest BCUT2D eigenvalue weighted by Crippen LogP contribution is 2.34. The van der Waals surface area contributed by atoms with Gasteiger partial charge in [0.1, 0.15) is 0 Å². The summed E-state index contributed by atoms with van der Waals surface area (Å²) in [4.78, 5) is 8.68. The van der Waals surface area contributed by atoms with Crippen molar-refractivity contribution in [2.24, 2.45) is 5.41 Å². The van der Waals surface area contributed by atoms with Gasteiger partial charge in [0.15, 0.2) is 0 Å². The molecule has 3 nitrogen and oxygen atoms in total. The summed E-state index contributed by atoms with van der Waals surface area (Å²) in [7, 11) is 2.25. The second-order valence-electron chi connectivity index (χ2n) is 6.98. The highest BCUT2D eigenvalue weighted by atomic mass is 35.5. The van der Waals surface area contributed by atoms with Crippen molar-refractivity contribution < 1.29 is 0 Å². The average molecular weight is 332 g/mol. The number of hydrogen-bond acceptors (Lipinski definition) is 4. The second kappa shape index (κ2) is 7.40. The summed E-state index contributed by atoms with van der Waals surface area (Å²) < 4.78 is 0. The van der Waals surface area contributed by atoms with Gasteiger partial charge < -0.3 is 5.32 Å². The van der Waals surface area contributed by atoms with E-state index in [1.54, 1.807) is 0 Å². The lowest BCUT2D eigenvalue weighted by Gasteiger charge is -2.33. The average Bonchev–Trinajstić information content (AvgIpc) is 2.95. The van der Waals surface area contributed by atoms with Crippen LogP contribution in [-0.2, 0) is 0 Å². The first-order valence-corrected chi connectivity index (χ1v) is 8.52. The SMILES string of the molecule is Cc1nc(C(C)C)sc1C(C)N(C)CC1(C)CCNC1.Cl. The molecule has 1 aliphatic rings. The molecular formula is C16H30ClN3S. The molecule has 0 amide bonds. The number of nitrogens with one attached hydrogen (secondary N) is 1. The third-order valence-corrected chi connectivity index (χ3v) is 6.10. The number of hydrogen-bond donors (Lipinski definition) is 1. The maximum absolute atomic E-state index is 4.74. The van der Waals surface area contributed by atoms with Crippen LogP contribution in [0.15, 0.2) is 0 Å². The quantitative estimate of drug-likeness (QED) is 0.884. The van der Waals surface area contributed by atoms with E-state index in [0.717, 1.165) is 19.6 Å². The number of nitrogens with zero attached hydrogens (tertiary/aromatic N) is 2. The molecule has 1 saturated heterocycles. The van der Waals surface area contributed by atoms with Crippen molar-refractivity contribution in [2.75, 3.05) is 26.7 Å². The zero-order valence-corrected chi connectivity index (χ0v) is 15.8. The fourth-order valence-electron chi connectivity index (χ4n) is 3.01. The van der Waals surface area contributed by atoms with Crippen molar-refractivity contribution >= 4 is 23.7 Å². The minimum absolute atomic E-state index is 0. The largest absolute Gasteiger partial charge is 0.316 e. The lowest BCUT2D eigenvalue weighted by Crippen LogP contribution is -2.36. The summed E-state index contributed by atoms with van der Waals surface area (Å²) in [6.07, 6.45) is 1.28. The molecule has 5 heteroatoms. The molecule has 0 aliphatic carbocycles. The van der Waals surface area contributed by atoms with Crippen LogP contribution in [0.3, 0.4) is 0 Å². The molecule has 0 radical (unpaired) electrons. The Kier molecular flexibility index (Phi) is 6.66. The van der Waals surface area contributed by atoms with E-state index < -0.39 is 0 Å². The standard InChI is InChI=1S/C16H29N3S.ClH/c1-11(2)15-18-12(3)14(20-15)13(4)19(6)10-16(5)7-8-17-9-16;/h11,13,17H,7-10H2,1-6H3;1H. The van der Waals surface area contributed by atoms with Crippen LogP contribution in [0.5, 0.6) is 0 Å². The van der Waals surface area contributed by atoms with Crippen LogP contribution in [0.4, 0.5) is 0 Å². The normalized spacial score (nSPS) is 23.6. The van der Waals surface area contributed by atoms with Crippen LogP contribution in [0.1, 0.15) is 61.7 Å². The van der Waals surface area contributed by atoms with Gasteiger partial charge in [-0.15, -0.1) is 23.7 Å². The third kappa shape index (κ3) is 4.41. The van der Waals surface area contributed by atoms with Gasteiger partial charge in [-0.3, -0.25) is 4.90 Å². The molecule has 1 fully saturated rings. The number of halogens is 1. The minimum Gasteiger partial charge on any atom is -0.316 e. The van der Waals surface area contributed by atoms with Gasteiger partial charge in [0.2, 0.25) is 0 Å². The zero-order valence-electron chi connectivity index (χ0n) is 14.2. The molecule has 2 rings (SSSR count). The van der Waals surface area contributed by atoms with Crippen LogP contribution in [-0.4, -0.2) is 36.6 Å². The van der Waals surface area contributed by atoms with Crippen LogP contribution in [0.25, 0.3) is 0 Å². The maximum Gasteiger partial charge on any atom is 0.0956 e. The molecule has 2 unspecified atom stereocenters. The summed E-state index contributed by atoms with van der Waals surface area (Å²) >= 11 is 1.89. The monoisotopic (exact) mass is 331 g/mol. The molecule has 2 heterocycles. The van der Waals surface area contributed by atoms with Crippen molar-refractivity contribution in [1.82, 2.24) is 15.2 Å². The first-order valence-electron chi connectivity index (χ1n) is 7.70. The fraction of sp³-hybridized carbons (Fsp3) is 0.812. The molecule has 1 aromatic heterocycles. The van der Waals surface area contributed by atoms with Gasteiger partial charge in [0.05, 0.1) is 10.7 Å². The Hall–Kier alpha value is -0.160. The minimum atomic E-state index is 0. The molecule has 0 saturated carbocycles. The van der Waals surface area contributed by atoms with E-state index in [0.29, 0.717) is 17.4 Å². The molecule has 2 atom stereocenters. The van der Waals surface area contributed by atoms with Crippen molar-refractivity contribution in [2.45, 2.75) is 53.0 Å². The van der Waals surface area contributed by atoms with Crippen molar-refractivity contribution in [3.8, 4) is 0 Å². The molecule has 0 aromatic carbocycles. The number of thiazole rings is 1. The summed E-state index contributed by atoms with van der Waals surface area (Å²) in [6, 6.07) is 0.456. The Morgan fingerprint density at radius 3 is 2.52 bits per heavy atom. The predicted molar refractivity (Wildman–Crippen MR) is 94.8 cm³/mol. The molecule has 1 aromatic rings. The van der Waals surface area contributed by atoms with Crippen LogP contribution < -0.4 is 5.32 Å².